The van der Waals surface area contributed by atoms with Crippen LogP contribution in [-0.2, 0) is 23.4 Å². The number of nitriles is 1. The molecule has 2 bridgehead atoms. The molecule has 4 N–H and O–H groups in total. The maximum absolute atomic E-state index is 13.3. The van der Waals surface area contributed by atoms with Gasteiger partial charge in [-0.2, -0.15) is 32.4 Å². The smallest absolute Gasteiger partial charge is 0.282 e. The first-order chi connectivity index (χ1) is 17.4. The molecule has 0 amide bonds. The number of methoxy groups -OCH3 is 1. The molecule has 13 nitrogen and oxygen atoms in total. The molecule has 0 spiro atoms. The molecule has 5 heterocycles. The van der Waals surface area contributed by atoms with Crippen molar-refractivity contribution >= 4 is 21.8 Å². The molecule has 0 radical (unpaired) electrons. The van der Waals surface area contributed by atoms with Crippen LogP contribution in [0.3, 0.4) is 0 Å². The van der Waals surface area contributed by atoms with Crippen molar-refractivity contribution in [1.82, 2.24) is 34.1 Å². The largest absolute Gasteiger partial charge is 0.481 e. The van der Waals surface area contributed by atoms with Crippen molar-refractivity contribution in [2.24, 2.45) is 5.92 Å². The molecule has 0 aromatic carbocycles. The van der Waals surface area contributed by atoms with Crippen LogP contribution in [0.15, 0.2) is 12.1 Å². The molecule has 3 aliphatic heterocycles. The lowest BCUT2D eigenvalue weighted by Crippen LogP contribution is -2.64. The van der Waals surface area contributed by atoms with Crippen molar-refractivity contribution in [2.75, 3.05) is 25.5 Å². The van der Waals surface area contributed by atoms with E-state index >= 15 is 0 Å². The van der Waals surface area contributed by atoms with Crippen LogP contribution in [0.2, 0.25) is 0 Å². The highest BCUT2D eigenvalue weighted by Gasteiger charge is 2.49. The summed E-state index contributed by atoms with van der Waals surface area (Å²) in [5, 5.41) is 31.7. The quantitative estimate of drug-likeness (QED) is 0.369. The summed E-state index contributed by atoms with van der Waals surface area (Å²) in [6, 6.07) is 5.54. The van der Waals surface area contributed by atoms with Gasteiger partial charge >= 0.3 is 0 Å². The number of hydrogen-bond acceptors (Lipinski definition) is 10. The van der Waals surface area contributed by atoms with Crippen molar-refractivity contribution < 1.29 is 18.3 Å². The summed E-state index contributed by atoms with van der Waals surface area (Å²) < 4.78 is 35.0. The van der Waals surface area contributed by atoms with Crippen LogP contribution >= 0.6 is 0 Å². The van der Waals surface area contributed by atoms with E-state index in [1.165, 1.54) is 11.4 Å². The summed E-state index contributed by atoms with van der Waals surface area (Å²) in [6.07, 6.45) is 4.14. The standard InChI is InChI=1S/C22H31N9O4S/c1-35-22-8-19(25-20-7-16(13-32)28-29-20)26-21(27-22)10-24-15-5-17-3-2-4-18(6-15)31(17)36(33,34)30-11-14(9-23)12-30/h7-8,14-15,17-18,24,32H,2-6,10-13H2,1H3,(H2,25,26,27,28,29). The highest BCUT2D eigenvalue weighted by Crippen LogP contribution is 2.38. The van der Waals surface area contributed by atoms with Crippen molar-refractivity contribution in [3.8, 4) is 11.9 Å². The summed E-state index contributed by atoms with van der Waals surface area (Å²) in [7, 11) is -2.01. The lowest BCUT2D eigenvalue weighted by atomic mass is 9.84. The number of piperidine rings is 2. The number of aromatic nitrogens is 4. The molecule has 2 atom stereocenters. The van der Waals surface area contributed by atoms with Gasteiger partial charge in [-0.25, -0.2) is 4.98 Å². The summed E-state index contributed by atoms with van der Waals surface area (Å²) >= 11 is 0. The number of rotatable bonds is 9. The van der Waals surface area contributed by atoms with Gasteiger partial charge in [-0.15, -0.1) is 0 Å². The first-order valence-electron chi connectivity index (χ1n) is 12.1. The van der Waals surface area contributed by atoms with Gasteiger partial charge in [0.05, 0.1) is 37.9 Å². The number of hydrogen-bond donors (Lipinski definition) is 4. The van der Waals surface area contributed by atoms with Crippen molar-refractivity contribution in [3.05, 3.63) is 23.7 Å². The maximum atomic E-state index is 13.3. The SMILES string of the molecule is COc1cc(Nc2cc(CO)[nH]n2)nc(CNC2CC3CCCC(C2)N3S(=O)(=O)N2CC(C#N)C2)n1. The van der Waals surface area contributed by atoms with Gasteiger partial charge in [0, 0.05) is 43.3 Å². The average molecular weight is 518 g/mol. The van der Waals surface area contributed by atoms with Crippen molar-refractivity contribution in [2.45, 2.75) is 63.4 Å². The Bertz CT molecular complexity index is 1210. The van der Waals surface area contributed by atoms with Crippen LogP contribution in [0.25, 0.3) is 0 Å². The number of anilines is 2. The maximum Gasteiger partial charge on any atom is 0.282 e. The van der Waals surface area contributed by atoms with Gasteiger partial charge in [0.25, 0.3) is 10.2 Å². The minimum absolute atomic E-state index is 0.0509. The van der Waals surface area contributed by atoms with Crippen LogP contribution in [0.4, 0.5) is 11.6 Å². The second kappa shape index (κ2) is 10.3. The van der Waals surface area contributed by atoms with Gasteiger partial charge in [0.15, 0.2) is 5.82 Å². The molecule has 14 heteroatoms. The first kappa shape index (κ1) is 24.8. The number of H-pyrrole nitrogens is 1. The van der Waals surface area contributed by atoms with Crippen molar-refractivity contribution in [1.29, 1.82) is 5.26 Å². The third-order valence-corrected chi connectivity index (χ3v) is 9.18. The van der Waals surface area contributed by atoms with Crippen molar-refractivity contribution in [3.63, 3.8) is 0 Å². The molecule has 3 fully saturated rings. The predicted molar refractivity (Wildman–Crippen MR) is 129 cm³/mol. The molecule has 3 saturated heterocycles. The third kappa shape index (κ3) is 5.02. The fraction of sp³-hybridized carbons (Fsp3) is 0.636. The van der Waals surface area contributed by atoms with E-state index in [1.54, 1.807) is 16.4 Å². The topological polar surface area (TPSA) is 172 Å². The second-order valence-corrected chi connectivity index (χ2v) is 11.4. The van der Waals surface area contributed by atoms with Gasteiger partial charge in [0.2, 0.25) is 5.88 Å². The van der Waals surface area contributed by atoms with Gasteiger partial charge in [0.1, 0.15) is 11.6 Å². The third-order valence-electron chi connectivity index (χ3n) is 7.10. The molecule has 2 unspecified atom stereocenters. The van der Waals surface area contributed by atoms with Gasteiger partial charge in [-0.05, 0) is 25.7 Å². The Morgan fingerprint density at radius 2 is 1.97 bits per heavy atom. The number of aliphatic hydroxyl groups excluding tert-OH is 1. The second-order valence-electron chi connectivity index (χ2n) is 9.54. The van der Waals surface area contributed by atoms with Crippen LogP contribution in [0.1, 0.15) is 43.6 Å². The molecule has 2 aromatic heterocycles. The van der Waals surface area contributed by atoms with Crippen LogP contribution in [-0.4, -0.2) is 80.6 Å². The van der Waals surface area contributed by atoms with E-state index in [2.05, 4.69) is 36.9 Å². The Balaban J connectivity index is 1.23. The predicted octanol–water partition coefficient (Wildman–Crippen LogP) is 0.619. The van der Waals surface area contributed by atoms with E-state index in [4.69, 9.17) is 10.00 Å². The monoisotopic (exact) mass is 517 g/mol. The van der Waals surface area contributed by atoms with Gasteiger partial charge < -0.3 is 20.5 Å². The number of fused-ring (bicyclic) bond motifs is 2. The average Bonchev–Trinajstić information content (AvgIpc) is 3.28. The zero-order valence-electron chi connectivity index (χ0n) is 20.1. The zero-order chi connectivity index (χ0) is 25.3. The lowest BCUT2D eigenvalue weighted by molar-refractivity contribution is 0.0848. The van der Waals surface area contributed by atoms with Crippen LogP contribution < -0.4 is 15.4 Å². The molecule has 5 rings (SSSR count). The number of nitrogens with one attached hydrogen (secondary N) is 3. The van der Waals surface area contributed by atoms with E-state index in [1.807, 2.05) is 0 Å². The van der Waals surface area contributed by atoms with E-state index < -0.39 is 10.2 Å². The normalized spacial score (nSPS) is 25.2. The molecule has 2 aromatic rings. The number of ether oxygens (including phenoxy) is 1. The Morgan fingerprint density at radius 3 is 2.61 bits per heavy atom. The number of nitrogens with zero attached hydrogens (tertiary/aromatic N) is 6. The molecule has 0 saturated carbocycles. The summed E-state index contributed by atoms with van der Waals surface area (Å²) in [5.74, 6) is 1.77. The summed E-state index contributed by atoms with van der Waals surface area (Å²) in [4.78, 5) is 9.00. The first-order valence-corrected chi connectivity index (χ1v) is 13.5. The zero-order valence-corrected chi connectivity index (χ0v) is 20.9. The molecule has 3 aliphatic rings. The van der Waals surface area contributed by atoms with E-state index in [9.17, 15) is 13.5 Å². The van der Waals surface area contributed by atoms with E-state index in [0.29, 0.717) is 48.7 Å². The van der Waals surface area contributed by atoms with Crippen LogP contribution in [0, 0.1) is 17.2 Å². The highest BCUT2D eigenvalue weighted by molar-refractivity contribution is 7.86. The molecule has 36 heavy (non-hydrogen) atoms. The van der Waals surface area contributed by atoms with Crippen LogP contribution in [0.5, 0.6) is 5.88 Å². The number of aliphatic hydroxyl groups is 1. The van der Waals surface area contributed by atoms with E-state index in [-0.39, 0.29) is 30.7 Å². The Labute approximate surface area is 210 Å². The Kier molecular flexibility index (Phi) is 7.09. The Hall–Kier alpha value is -2.83. The fourth-order valence-electron chi connectivity index (χ4n) is 5.32. The van der Waals surface area contributed by atoms with Gasteiger partial charge in [-0.3, -0.25) is 5.10 Å². The summed E-state index contributed by atoms with van der Waals surface area (Å²) in [6.45, 7) is 0.845. The highest BCUT2D eigenvalue weighted by atomic mass is 32.2. The molecule has 0 aliphatic carbocycles. The molecular formula is C22H31N9O4S. The number of aromatic amines is 1. The summed E-state index contributed by atoms with van der Waals surface area (Å²) in [5.41, 5.74) is 0.582. The van der Waals surface area contributed by atoms with E-state index in [0.717, 1.165) is 32.1 Å². The lowest BCUT2D eigenvalue weighted by Gasteiger charge is -2.50. The molecule has 194 valence electrons. The van der Waals surface area contributed by atoms with Gasteiger partial charge in [-0.1, -0.05) is 6.42 Å². The minimum atomic E-state index is -3.55. The minimum Gasteiger partial charge on any atom is -0.481 e. The Morgan fingerprint density at radius 1 is 1.22 bits per heavy atom. The molecular weight excluding hydrogens is 486 g/mol. The fourth-order valence-corrected chi connectivity index (χ4v) is 7.46.